The highest BCUT2D eigenvalue weighted by molar-refractivity contribution is 7.85. The number of amides is 2. The van der Waals surface area contributed by atoms with Gasteiger partial charge in [-0.1, -0.05) is 38.0 Å². The molecule has 0 spiro atoms. The van der Waals surface area contributed by atoms with Crippen LogP contribution in [0, 0.1) is 0 Å². The number of hydrogen-bond acceptors (Lipinski definition) is 2. The number of hydrogen-bond donors (Lipinski definition) is 1. The minimum atomic E-state index is -0.840. The van der Waals surface area contributed by atoms with Crippen LogP contribution in [0.1, 0.15) is 38.2 Å². The molecule has 1 aromatic rings. The number of rotatable bonds is 3. The molecule has 0 radical (unpaired) electrons. The number of nitrogens with one attached hydrogen (secondary N) is 1. The third-order valence-corrected chi connectivity index (χ3v) is 6.57. The van der Waals surface area contributed by atoms with E-state index >= 15 is 0 Å². The minimum Gasteiger partial charge on any atom is -0.334 e. The standard InChI is InChI=1S/C17H24N2O2S/c1-2-22(21)16-10-6-4-8-14(16)18-17(20)19-12-11-13-7-3-5-9-15(13)19/h3,5,7,9,14,16H,2,4,6,8,10-12H2,1H3,(H,18,20)/t14-,16-,22+/m1/s1. The molecule has 3 rings (SSSR count). The van der Waals surface area contributed by atoms with Gasteiger partial charge in [-0.05, 0) is 30.9 Å². The van der Waals surface area contributed by atoms with Gasteiger partial charge in [0.05, 0.1) is 5.25 Å². The zero-order valence-electron chi connectivity index (χ0n) is 13.1. The van der Waals surface area contributed by atoms with E-state index in [-0.39, 0.29) is 17.3 Å². The number of para-hydroxylation sites is 1. The number of nitrogens with zero attached hydrogens (tertiary/aromatic N) is 1. The summed E-state index contributed by atoms with van der Waals surface area (Å²) in [6.07, 6.45) is 5.05. The van der Waals surface area contributed by atoms with E-state index in [0.29, 0.717) is 5.75 Å². The maximum Gasteiger partial charge on any atom is 0.322 e. The van der Waals surface area contributed by atoms with Gasteiger partial charge < -0.3 is 5.32 Å². The smallest absolute Gasteiger partial charge is 0.322 e. The van der Waals surface area contributed by atoms with Crippen molar-refractivity contribution in [2.45, 2.75) is 50.3 Å². The van der Waals surface area contributed by atoms with Crippen molar-refractivity contribution in [3.63, 3.8) is 0 Å². The van der Waals surface area contributed by atoms with Gasteiger partial charge in [-0.15, -0.1) is 0 Å². The lowest BCUT2D eigenvalue weighted by Gasteiger charge is -2.32. The number of carbonyl (C=O) groups is 1. The van der Waals surface area contributed by atoms with E-state index in [1.54, 1.807) is 0 Å². The van der Waals surface area contributed by atoms with E-state index in [4.69, 9.17) is 0 Å². The molecule has 1 N–H and O–H groups in total. The van der Waals surface area contributed by atoms with Crippen molar-refractivity contribution in [1.82, 2.24) is 5.32 Å². The first kappa shape index (κ1) is 15.5. The lowest BCUT2D eigenvalue weighted by molar-refractivity contribution is 0.239. The molecule has 4 nitrogen and oxygen atoms in total. The van der Waals surface area contributed by atoms with Crippen molar-refractivity contribution in [3.05, 3.63) is 29.8 Å². The van der Waals surface area contributed by atoms with Crippen LogP contribution in [0.15, 0.2) is 24.3 Å². The zero-order chi connectivity index (χ0) is 15.5. The molecule has 2 amide bonds. The molecular formula is C17H24N2O2S. The van der Waals surface area contributed by atoms with Gasteiger partial charge in [-0.3, -0.25) is 9.11 Å². The second-order valence-corrected chi connectivity index (χ2v) is 8.02. The molecule has 1 heterocycles. The SMILES string of the molecule is CC[S@](=O)[C@@H]1CCCC[C@H]1NC(=O)N1CCc2ccccc21. The Bertz CT molecular complexity index is 576. The van der Waals surface area contributed by atoms with Crippen LogP contribution in [0.2, 0.25) is 0 Å². The highest BCUT2D eigenvalue weighted by atomic mass is 32.2. The fraction of sp³-hybridized carbons (Fsp3) is 0.588. The molecule has 0 saturated heterocycles. The van der Waals surface area contributed by atoms with Gasteiger partial charge in [0.2, 0.25) is 0 Å². The Kier molecular flexibility index (Phi) is 4.81. The molecule has 0 unspecified atom stereocenters. The van der Waals surface area contributed by atoms with Crippen LogP contribution in [0.25, 0.3) is 0 Å². The first-order valence-electron chi connectivity index (χ1n) is 8.24. The summed E-state index contributed by atoms with van der Waals surface area (Å²) >= 11 is 0. The monoisotopic (exact) mass is 320 g/mol. The van der Waals surface area contributed by atoms with Gasteiger partial charge >= 0.3 is 6.03 Å². The summed E-state index contributed by atoms with van der Waals surface area (Å²) in [4.78, 5) is 14.5. The van der Waals surface area contributed by atoms with E-state index in [9.17, 15) is 9.00 Å². The van der Waals surface area contributed by atoms with E-state index < -0.39 is 10.8 Å². The van der Waals surface area contributed by atoms with Crippen LogP contribution in [0.3, 0.4) is 0 Å². The summed E-state index contributed by atoms with van der Waals surface area (Å²) in [5.41, 5.74) is 2.25. The molecule has 1 saturated carbocycles. The minimum absolute atomic E-state index is 0.0325. The maximum absolute atomic E-state index is 12.6. The lowest BCUT2D eigenvalue weighted by atomic mass is 9.95. The van der Waals surface area contributed by atoms with Gasteiger partial charge in [0.25, 0.3) is 0 Å². The fourth-order valence-electron chi connectivity index (χ4n) is 3.58. The van der Waals surface area contributed by atoms with Crippen LogP contribution >= 0.6 is 0 Å². The lowest BCUT2D eigenvalue weighted by Crippen LogP contribution is -2.51. The summed E-state index contributed by atoms with van der Waals surface area (Å²) in [5.74, 6) is 0.670. The van der Waals surface area contributed by atoms with Gasteiger partial charge in [0.15, 0.2) is 0 Å². The van der Waals surface area contributed by atoms with Gasteiger partial charge in [0.1, 0.15) is 0 Å². The topological polar surface area (TPSA) is 49.4 Å². The number of benzene rings is 1. The Morgan fingerprint density at radius 2 is 2.09 bits per heavy atom. The van der Waals surface area contributed by atoms with Crippen molar-refractivity contribution >= 4 is 22.5 Å². The third-order valence-electron chi connectivity index (χ3n) is 4.77. The van der Waals surface area contributed by atoms with Crippen LogP contribution in [0.5, 0.6) is 0 Å². The van der Waals surface area contributed by atoms with Crippen molar-refractivity contribution < 1.29 is 9.00 Å². The van der Waals surface area contributed by atoms with E-state index in [0.717, 1.165) is 44.3 Å². The first-order valence-corrected chi connectivity index (χ1v) is 9.62. The average Bonchev–Trinajstić information content (AvgIpc) is 2.99. The van der Waals surface area contributed by atoms with Gasteiger partial charge in [0, 0.05) is 34.8 Å². The highest BCUT2D eigenvalue weighted by Gasteiger charge is 2.32. The highest BCUT2D eigenvalue weighted by Crippen LogP contribution is 2.28. The molecule has 1 aliphatic heterocycles. The number of anilines is 1. The zero-order valence-corrected chi connectivity index (χ0v) is 13.9. The Labute approximate surface area is 134 Å². The quantitative estimate of drug-likeness (QED) is 0.931. The molecule has 1 aliphatic carbocycles. The Morgan fingerprint density at radius 1 is 1.32 bits per heavy atom. The summed E-state index contributed by atoms with van der Waals surface area (Å²) < 4.78 is 12.2. The third kappa shape index (κ3) is 3.05. The van der Waals surface area contributed by atoms with Crippen LogP contribution in [-0.4, -0.2) is 33.8 Å². The second-order valence-electron chi connectivity index (χ2n) is 6.08. The molecule has 1 aromatic carbocycles. The summed E-state index contributed by atoms with van der Waals surface area (Å²) in [7, 11) is -0.840. The largest absolute Gasteiger partial charge is 0.334 e. The Hall–Kier alpha value is -1.36. The molecule has 5 heteroatoms. The summed E-state index contributed by atoms with van der Waals surface area (Å²) in [6.45, 7) is 2.69. The molecule has 22 heavy (non-hydrogen) atoms. The van der Waals surface area contributed by atoms with E-state index in [1.807, 2.05) is 30.0 Å². The summed E-state index contributed by atoms with van der Waals surface area (Å²) in [5, 5.41) is 3.27. The average molecular weight is 320 g/mol. The Balaban J connectivity index is 1.70. The molecular weight excluding hydrogens is 296 g/mol. The van der Waals surface area contributed by atoms with Crippen molar-refractivity contribution in [2.75, 3.05) is 17.2 Å². The van der Waals surface area contributed by atoms with E-state index in [1.165, 1.54) is 5.56 Å². The Morgan fingerprint density at radius 3 is 2.91 bits per heavy atom. The van der Waals surface area contributed by atoms with Gasteiger partial charge in [-0.2, -0.15) is 0 Å². The van der Waals surface area contributed by atoms with Crippen LogP contribution in [-0.2, 0) is 17.2 Å². The molecule has 3 atom stereocenters. The van der Waals surface area contributed by atoms with Crippen molar-refractivity contribution in [1.29, 1.82) is 0 Å². The predicted molar refractivity (Wildman–Crippen MR) is 90.8 cm³/mol. The molecule has 0 aromatic heterocycles. The molecule has 1 fully saturated rings. The van der Waals surface area contributed by atoms with E-state index in [2.05, 4.69) is 11.4 Å². The fourth-order valence-corrected chi connectivity index (χ4v) is 5.00. The van der Waals surface area contributed by atoms with Gasteiger partial charge in [-0.25, -0.2) is 4.79 Å². The normalized spacial score (nSPS) is 25.6. The van der Waals surface area contributed by atoms with Crippen LogP contribution < -0.4 is 10.2 Å². The van der Waals surface area contributed by atoms with Crippen molar-refractivity contribution in [3.8, 4) is 0 Å². The summed E-state index contributed by atoms with van der Waals surface area (Å²) in [6, 6.07) is 8.09. The molecule has 120 valence electrons. The molecule has 2 aliphatic rings. The number of carbonyl (C=O) groups excluding carboxylic acids is 1. The maximum atomic E-state index is 12.6. The number of fused-ring (bicyclic) bond motifs is 1. The first-order chi connectivity index (χ1) is 10.7. The molecule has 0 bridgehead atoms. The number of urea groups is 1. The van der Waals surface area contributed by atoms with Crippen molar-refractivity contribution in [2.24, 2.45) is 0 Å². The predicted octanol–water partition coefficient (Wildman–Crippen LogP) is 2.84. The van der Waals surface area contributed by atoms with Crippen LogP contribution in [0.4, 0.5) is 10.5 Å². The second kappa shape index (κ2) is 6.82.